The summed E-state index contributed by atoms with van der Waals surface area (Å²) < 4.78 is 0. The van der Waals surface area contributed by atoms with Crippen LogP contribution in [0.2, 0.25) is 0 Å². The zero-order chi connectivity index (χ0) is 25.6. The lowest BCUT2D eigenvalue weighted by atomic mass is 9.89. The van der Waals surface area contributed by atoms with Crippen LogP contribution < -0.4 is 16.9 Å². The largest absolute Gasteiger partial charge is 0.384 e. The number of rotatable bonds is 11. The summed E-state index contributed by atoms with van der Waals surface area (Å²) in [4.78, 5) is 41.9. The van der Waals surface area contributed by atoms with Crippen LogP contribution in [-0.4, -0.2) is 58.6 Å². The van der Waals surface area contributed by atoms with Crippen molar-refractivity contribution >= 4 is 17.8 Å². The molecule has 2 aromatic rings. The number of nitrogens with two attached hydrogens (primary N) is 2. The van der Waals surface area contributed by atoms with Crippen LogP contribution in [0.4, 0.5) is 0 Å². The monoisotopic (exact) mass is 480 g/mol. The minimum absolute atomic E-state index is 0.0710. The third-order valence-corrected chi connectivity index (χ3v) is 5.08. The number of guanidine groups is 1. The molecule has 0 heterocycles. The quantitative estimate of drug-likeness (QED) is 0.0896. The maximum Gasteiger partial charge on any atom is 0.251 e. The van der Waals surface area contributed by atoms with Crippen LogP contribution in [0, 0.1) is 22.0 Å². The number of carbonyl (C=O) groups excluding carboxylic acids is 2. The zero-order valence-electron chi connectivity index (χ0n) is 19.0. The number of hydrogen-bond donors (Lipinski definition) is 4. The van der Waals surface area contributed by atoms with Crippen molar-refractivity contribution in [3.63, 3.8) is 0 Å². The van der Waals surface area contributed by atoms with E-state index in [0.29, 0.717) is 0 Å². The number of benzene rings is 2. The van der Waals surface area contributed by atoms with Crippen molar-refractivity contribution < 1.29 is 19.7 Å². The van der Waals surface area contributed by atoms with Gasteiger partial charge in [0, 0.05) is 6.54 Å². The lowest BCUT2D eigenvalue weighted by Gasteiger charge is -2.32. The molecule has 0 saturated heterocycles. The van der Waals surface area contributed by atoms with Crippen molar-refractivity contribution in [2.75, 3.05) is 19.7 Å². The number of nitrogens with one attached hydrogen (secondary N) is 1. The van der Waals surface area contributed by atoms with Gasteiger partial charge in [0.1, 0.15) is 12.6 Å². The molecule has 0 aliphatic carbocycles. The molecule has 0 saturated carbocycles. The minimum atomic E-state index is -1.02. The number of hydrogen-bond acceptors (Lipinski definition) is 6. The minimum Gasteiger partial charge on any atom is -0.384 e. The van der Waals surface area contributed by atoms with Crippen molar-refractivity contribution in [2.24, 2.45) is 16.5 Å². The van der Waals surface area contributed by atoms with Gasteiger partial charge in [0.05, 0.1) is 12.5 Å². The van der Waals surface area contributed by atoms with E-state index in [1.54, 1.807) is 5.43 Å². The van der Waals surface area contributed by atoms with E-state index in [-0.39, 0.29) is 37.8 Å². The highest BCUT2D eigenvalue weighted by molar-refractivity contribution is 5.92. The average Bonchev–Trinajstić information content (AvgIpc) is 2.83. The van der Waals surface area contributed by atoms with Crippen LogP contribution in [0.1, 0.15) is 29.9 Å². The predicted molar refractivity (Wildman–Crippen MR) is 130 cm³/mol. The topological polar surface area (TPSA) is 177 Å². The first-order valence-corrected chi connectivity index (χ1v) is 10.8. The normalized spacial score (nSPS) is 11.8. The van der Waals surface area contributed by atoms with Gasteiger partial charge in [-0.25, -0.2) is 15.1 Å². The summed E-state index contributed by atoms with van der Waals surface area (Å²) in [6.45, 7) is -0.458. The van der Waals surface area contributed by atoms with E-state index in [1.165, 1.54) is 4.90 Å². The number of nitro groups is 1. The van der Waals surface area contributed by atoms with Crippen LogP contribution in [-0.2, 0) is 9.59 Å². The first-order valence-electron chi connectivity index (χ1n) is 10.8. The molecule has 1 atom stereocenters. The molecule has 2 rings (SSSR count). The van der Waals surface area contributed by atoms with Gasteiger partial charge in [-0.05, 0) is 24.0 Å². The van der Waals surface area contributed by atoms with Gasteiger partial charge in [0.15, 0.2) is 5.03 Å². The van der Waals surface area contributed by atoms with Gasteiger partial charge in [0.25, 0.3) is 5.96 Å². The molecule has 11 nitrogen and oxygen atoms in total. The number of aliphatic imine (C=N–C) groups is 1. The number of carbonyl (C=O) groups is 2. The molecule has 0 aliphatic rings. The maximum absolute atomic E-state index is 13.9. The first-order chi connectivity index (χ1) is 16.8. The Morgan fingerprint density at radius 1 is 1.06 bits per heavy atom. The second-order valence-electron chi connectivity index (χ2n) is 7.43. The molecular weight excluding hydrogens is 452 g/mol. The lowest BCUT2D eigenvalue weighted by molar-refractivity contribution is -0.525. The molecule has 35 heavy (non-hydrogen) atoms. The van der Waals surface area contributed by atoms with E-state index < -0.39 is 29.5 Å². The number of hydrazine groups is 1. The summed E-state index contributed by atoms with van der Waals surface area (Å²) in [6, 6.07) is 17.2. The number of aliphatic hydroxyl groups is 1. The molecule has 0 aromatic heterocycles. The van der Waals surface area contributed by atoms with Gasteiger partial charge in [-0.15, -0.1) is 0 Å². The molecule has 2 amide bonds. The Balaban J connectivity index is 2.36. The van der Waals surface area contributed by atoms with E-state index >= 15 is 0 Å². The molecule has 2 aromatic carbocycles. The van der Waals surface area contributed by atoms with Gasteiger partial charge in [-0.2, -0.15) is 0 Å². The number of aliphatic hydroxyl groups excluding tert-OH is 1. The molecule has 0 radical (unpaired) electrons. The molecule has 0 spiro atoms. The molecule has 11 heteroatoms. The van der Waals surface area contributed by atoms with Crippen molar-refractivity contribution in [1.29, 1.82) is 0 Å². The van der Waals surface area contributed by atoms with Crippen LogP contribution in [0.15, 0.2) is 65.7 Å². The summed E-state index contributed by atoms with van der Waals surface area (Å²) in [5, 5.41) is 18.7. The SMILES string of the molecule is NC(=O)[C@@H](CCCN=C(N)N[N+](=O)[O-])N(CC#CCO)C(=O)C(c1ccccc1)c1ccccc1. The number of amides is 2. The standard InChI is InChI=1S/C24H28N6O5/c25-22(32)20(14-9-15-27-24(26)28-30(34)35)29(16-7-8-17-31)23(33)21(18-10-3-1-4-11-18)19-12-5-2-6-13-19/h1-6,10-13,20-21,31H,9,14-17H2,(H2,25,32)(H3,26,27,28)/t20-/m1/s1. The Morgan fingerprint density at radius 2 is 1.63 bits per heavy atom. The van der Waals surface area contributed by atoms with Crippen LogP contribution in [0.5, 0.6) is 0 Å². The Morgan fingerprint density at radius 3 is 2.11 bits per heavy atom. The second-order valence-corrected chi connectivity index (χ2v) is 7.43. The van der Waals surface area contributed by atoms with E-state index in [1.807, 2.05) is 60.7 Å². The van der Waals surface area contributed by atoms with Crippen molar-refractivity contribution in [3.05, 3.63) is 81.9 Å². The van der Waals surface area contributed by atoms with E-state index in [9.17, 15) is 19.7 Å². The Hall–Kier alpha value is -4.43. The van der Waals surface area contributed by atoms with Gasteiger partial charge in [-0.3, -0.25) is 9.59 Å². The van der Waals surface area contributed by atoms with E-state index in [4.69, 9.17) is 16.6 Å². The van der Waals surface area contributed by atoms with Gasteiger partial charge >= 0.3 is 0 Å². The third-order valence-electron chi connectivity index (χ3n) is 5.08. The fourth-order valence-electron chi connectivity index (χ4n) is 3.54. The summed E-state index contributed by atoms with van der Waals surface area (Å²) in [6.07, 6.45) is 0.402. The average molecular weight is 481 g/mol. The smallest absolute Gasteiger partial charge is 0.251 e. The van der Waals surface area contributed by atoms with Crippen molar-refractivity contribution in [1.82, 2.24) is 10.3 Å². The fourth-order valence-corrected chi connectivity index (χ4v) is 3.54. The van der Waals surface area contributed by atoms with Crippen molar-refractivity contribution in [2.45, 2.75) is 24.8 Å². The number of primary amides is 1. The molecular formula is C24H28N6O5. The third kappa shape index (κ3) is 8.45. The van der Waals surface area contributed by atoms with Crippen LogP contribution in [0.3, 0.4) is 0 Å². The second kappa shape index (κ2) is 14.0. The van der Waals surface area contributed by atoms with E-state index in [0.717, 1.165) is 11.1 Å². The summed E-state index contributed by atoms with van der Waals surface area (Å²) in [5.74, 6) is 3.00. The molecule has 0 bridgehead atoms. The Kier molecular flexibility index (Phi) is 10.7. The number of nitrogens with zero attached hydrogens (tertiary/aromatic N) is 3. The van der Waals surface area contributed by atoms with Crippen LogP contribution >= 0.6 is 0 Å². The predicted octanol–water partition coefficient (Wildman–Crippen LogP) is 0.373. The molecule has 0 aliphatic heterocycles. The highest BCUT2D eigenvalue weighted by Gasteiger charge is 2.33. The highest BCUT2D eigenvalue weighted by Crippen LogP contribution is 2.28. The fraction of sp³-hybridized carbons (Fsp3) is 0.292. The lowest BCUT2D eigenvalue weighted by Crippen LogP contribution is -2.50. The zero-order valence-corrected chi connectivity index (χ0v) is 19.0. The Labute approximate surface area is 202 Å². The van der Waals surface area contributed by atoms with Crippen LogP contribution in [0.25, 0.3) is 0 Å². The summed E-state index contributed by atoms with van der Waals surface area (Å²) >= 11 is 0. The molecule has 6 N–H and O–H groups in total. The van der Waals surface area contributed by atoms with E-state index in [2.05, 4.69) is 16.8 Å². The molecule has 0 unspecified atom stereocenters. The van der Waals surface area contributed by atoms with Crippen molar-refractivity contribution in [3.8, 4) is 11.8 Å². The Bertz CT molecular complexity index is 1040. The highest BCUT2D eigenvalue weighted by atomic mass is 16.7. The summed E-state index contributed by atoms with van der Waals surface area (Å²) in [5.41, 5.74) is 14.3. The van der Waals surface area contributed by atoms with Gasteiger partial charge in [-0.1, -0.05) is 77.9 Å². The van der Waals surface area contributed by atoms with Gasteiger partial charge < -0.3 is 21.5 Å². The van der Waals surface area contributed by atoms with Gasteiger partial charge in [0.2, 0.25) is 11.8 Å². The molecule has 184 valence electrons. The first kappa shape index (κ1) is 26.8. The summed E-state index contributed by atoms with van der Waals surface area (Å²) in [7, 11) is 0. The maximum atomic E-state index is 13.9. The molecule has 0 fully saturated rings.